The fourth-order valence-electron chi connectivity index (χ4n) is 2.00. The number of ether oxygens (including phenoxy) is 1. The second-order valence-electron chi connectivity index (χ2n) is 4.14. The quantitative estimate of drug-likeness (QED) is 0.674. The lowest BCUT2D eigenvalue weighted by molar-refractivity contribution is -0.126. The Hall–Kier alpha value is -0.610. The van der Waals surface area contributed by atoms with Gasteiger partial charge in [-0.15, -0.1) is 0 Å². The van der Waals surface area contributed by atoms with Crippen LogP contribution >= 0.6 is 0 Å². The molecule has 1 aliphatic heterocycles. The van der Waals surface area contributed by atoms with E-state index in [0.29, 0.717) is 11.8 Å². The van der Waals surface area contributed by atoms with Gasteiger partial charge in [-0.05, 0) is 24.9 Å². The van der Waals surface area contributed by atoms with Crippen LogP contribution in [0.5, 0.6) is 0 Å². The molecule has 1 heterocycles. The van der Waals surface area contributed by atoms with Crippen molar-refractivity contribution in [1.29, 1.82) is 0 Å². The van der Waals surface area contributed by atoms with Crippen molar-refractivity contribution in [2.24, 2.45) is 11.8 Å². The van der Waals surface area contributed by atoms with Crippen LogP contribution in [0.25, 0.3) is 0 Å². The van der Waals surface area contributed by atoms with Crippen molar-refractivity contribution in [3.63, 3.8) is 0 Å². The number of carbonyl (C=O) groups excluding carboxylic acids is 1. The molecule has 0 saturated carbocycles. The molecule has 1 fully saturated rings. The van der Waals surface area contributed by atoms with E-state index >= 15 is 0 Å². The number of hydrogen-bond donors (Lipinski definition) is 2. The van der Waals surface area contributed by atoms with Gasteiger partial charge in [-0.2, -0.15) is 0 Å². The predicted octanol–water partition coefficient (Wildman–Crippen LogP) is -0.00700. The van der Waals surface area contributed by atoms with E-state index in [2.05, 4.69) is 24.5 Å². The molecule has 2 unspecified atom stereocenters. The SMILES string of the molecule is COCC(=O)NC1C(C)CNCC1C. The summed E-state index contributed by atoms with van der Waals surface area (Å²) >= 11 is 0. The molecule has 1 rings (SSSR count). The summed E-state index contributed by atoms with van der Waals surface area (Å²) in [6.07, 6.45) is 0. The van der Waals surface area contributed by atoms with Crippen LogP contribution < -0.4 is 10.6 Å². The lowest BCUT2D eigenvalue weighted by Crippen LogP contribution is -2.54. The molecule has 1 aliphatic rings. The van der Waals surface area contributed by atoms with E-state index < -0.39 is 0 Å². The van der Waals surface area contributed by atoms with Crippen LogP contribution in [0, 0.1) is 11.8 Å². The van der Waals surface area contributed by atoms with Crippen LogP contribution in [0.2, 0.25) is 0 Å². The van der Waals surface area contributed by atoms with E-state index in [1.165, 1.54) is 7.11 Å². The average Bonchev–Trinajstić information content (AvgIpc) is 2.12. The Morgan fingerprint density at radius 2 is 2.00 bits per heavy atom. The highest BCUT2D eigenvalue weighted by Crippen LogP contribution is 2.16. The molecule has 14 heavy (non-hydrogen) atoms. The third kappa shape index (κ3) is 2.96. The molecule has 1 saturated heterocycles. The smallest absolute Gasteiger partial charge is 0.246 e. The van der Waals surface area contributed by atoms with E-state index in [1.54, 1.807) is 0 Å². The van der Waals surface area contributed by atoms with E-state index in [-0.39, 0.29) is 18.6 Å². The van der Waals surface area contributed by atoms with Crippen molar-refractivity contribution in [2.45, 2.75) is 19.9 Å². The van der Waals surface area contributed by atoms with Gasteiger partial charge in [0.05, 0.1) is 0 Å². The molecule has 0 aliphatic carbocycles. The summed E-state index contributed by atoms with van der Waals surface area (Å²) in [6, 6.07) is 0.277. The molecular formula is C10H20N2O2. The van der Waals surface area contributed by atoms with Crippen molar-refractivity contribution < 1.29 is 9.53 Å². The van der Waals surface area contributed by atoms with Crippen LogP contribution in [0.1, 0.15) is 13.8 Å². The van der Waals surface area contributed by atoms with Crippen molar-refractivity contribution in [2.75, 3.05) is 26.8 Å². The first-order chi connectivity index (χ1) is 6.65. The van der Waals surface area contributed by atoms with Crippen LogP contribution in [0.4, 0.5) is 0 Å². The lowest BCUT2D eigenvalue weighted by atomic mass is 9.87. The highest BCUT2D eigenvalue weighted by Gasteiger charge is 2.28. The number of methoxy groups -OCH3 is 1. The molecule has 2 atom stereocenters. The minimum absolute atomic E-state index is 0.0156. The summed E-state index contributed by atoms with van der Waals surface area (Å²) in [5.41, 5.74) is 0. The zero-order valence-corrected chi connectivity index (χ0v) is 9.17. The fraction of sp³-hybridized carbons (Fsp3) is 0.900. The Balaban J connectivity index is 2.43. The summed E-state index contributed by atoms with van der Waals surface area (Å²) in [5, 5.41) is 6.35. The van der Waals surface area contributed by atoms with Gasteiger partial charge in [0.2, 0.25) is 5.91 Å². The van der Waals surface area contributed by atoms with Gasteiger partial charge >= 0.3 is 0 Å². The maximum absolute atomic E-state index is 11.3. The minimum atomic E-state index is -0.0156. The van der Waals surface area contributed by atoms with Crippen molar-refractivity contribution >= 4 is 5.91 Å². The standard InChI is InChI=1S/C10H20N2O2/c1-7-4-11-5-8(2)10(7)12-9(13)6-14-3/h7-8,10-11H,4-6H2,1-3H3,(H,12,13). The van der Waals surface area contributed by atoms with E-state index in [9.17, 15) is 4.79 Å². The van der Waals surface area contributed by atoms with Gasteiger partial charge in [0, 0.05) is 13.2 Å². The molecule has 4 heteroatoms. The molecule has 0 aromatic rings. The lowest BCUT2D eigenvalue weighted by Gasteiger charge is -2.35. The van der Waals surface area contributed by atoms with Crippen LogP contribution in [0.3, 0.4) is 0 Å². The number of amides is 1. The Morgan fingerprint density at radius 3 is 2.50 bits per heavy atom. The molecule has 4 nitrogen and oxygen atoms in total. The van der Waals surface area contributed by atoms with Crippen LogP contribution in [-0.4, -0.2) is 38.8 Å². The zero-order chi connectivity index (χ0) is 10.6. The molecule has 0 aromatic heterocycles. The van der Waals surface area contributed by atoms with E-state index in [0.717, 1.165) is 13.1 Å². The topological polar surface area (TPSA) is 50.4 Å². The monoisotopic (exact) mass is 200 g/mol. The Kier molecular flexibility index (Phi) is 4.35. The van der Waals surface area contributed by atoms with Crippen molar-refractivity contribution in [3.05, 3.63) is 0 Å². The zero-order valence-electron chi connectivity index (χ0n) is 9.17. The average molecular weight is 200 g/mol. The highest BCUT2D eigenvalue weighted by atomic mass is 16.5. The van der Waals surface area contributed by atoms with Crippen molar-refractivity contribution in [1.82, 2.24) is 10.6 Å². The summed E-state index contributed by atoms with van der Waals surface area (Å²) in [5.74, 6) is 0.956. The number of carbonyl (C=O) groups is 1. The van der Waals surface area contributed by atoms with Gasteiger partial charge in [0.1, 0.15) is 6.61 Å². The Bertz CT molecular complexity index is 187. The Labute approximate surface area is 85.4 Å². The van der Waals surface area contributed by atoms with Gasteiger partial charge in [0.25, 0.3) is 0 Å². The number of rotatable bonds is 3. The summed E-state index contributed by atoms with van der Waals surface area (Å²) in [7, 11) is 1.54. The minimum Gasteiger partial charge on any atom is -0.375 e. The highest BCUT2D eigenvalue weighted by molar-refractivity contribution is 5.77. The fourth-order valence-corrected chi connectivity index (χ4v) is 2.00. The second-order valence-corrected chi connectivity index (χ2v) is 4.14. The molecular weight excluding hydrogens is 180 g/mol. The number of nitrogens with one attached hydrogen (secondary N) is 2. The molecule has 0 spiro atoms. The van der Waals surface area contributed by atoms with Gasteiger partial charge in [0.15, 0.2) is 0 Å². The maximum Gasteiger partial charge on any atom is 0.246 e. The molecule has 2 N–H and O–H groups in total. The Morgan fingerprint density at radius 1 is 1.43 bits per heavy atom. The van der Waals surface area contributed by atoms with E-state index in [4.69, 9.17) is 4.74 Å². The largest absolute Gasteiger partial charge is 0.375 e. The predicted molar refractivity (Wildman–Crippen MR) is 55.0 cm³/mol. The van der Waals surface area contributed by atoms with Gasteiger partial charge in [-0.3, -0.25) is 4.79 Å². The summed E-state index contributed by atoms with van der Waals surface area (Å²) in [4.78, 5) is 11.3. The second kappa shape index (κ2) is 5.32. The number of hydrogen-bond acceptors (Lipinski definition) is 3. The third-order valence-electron chi connectivity index (χ3n) is 2.76. The van der Waals surface area contributed by atoms with Crippen LogP contribution in [-0.2, 0) is 9.53 Å². The first kappa shape index (κ1) is 11.5. The molecule has 0 aromatic carbocycles. The third-order valence-corrected chi connectivity index (χ3v) is 2.76. The molecule has 1 amide bonds. The number of piperidine rings is 1. The first-order valence-corrected chi connectivity index (χ1v) is 5.14. The summed E-state index contributed by atoms with van der Waals surface area (Å²) < 4.78 is 4.79. The first-order valence-electron chi connectivity index (χ1n) is 5.14. The van der Waals surface area contributed by atoms with Gasteiger partial charge < -0.3 is 15.4 Å². The van der Waals surface area contributed by atoms with E-state index in [1.807, 2.05) is 0 Å². The van der Waals surface area contributed by atoms with Gasteiger partial charge in [-0.25, -0.2) is 0 Å². The summed E-state index contributed by atoms with van der Waals surface area (Å²) in [6.45, 7) is 6.41. The normalized spacial score (nSPS) is 32.6. The maximum atomic E-state index is 11.3. The molecule has 82 valence electrons. The molecule has 0 bridgehead atoms. The molecule has 0 radical (unpaired) electrons. The van der Waals surface area contributed by atoms with Crippen LogP contribution in [0.15, 0.2) is 0 Å². The van der Waals surface area contributed by atoms with Gasteiger partial charge in [-0.1, -0.05) is 13.8 Å². The van der Waals surface area contributed by atoms with Crippen molar-refractivity contribution in [3.8, 4) is 0 Å².